The van der Waals surface area contributed by atoms with E-state index in [-0.39, 0.29) is 5.78 Å². The Morgan fingerprint density at radius 1 is 1.07 bits per heavy atom. The third-order valence-electron chi connectivity index (χ3n) is 4.25. The second-order valence-electron chi connectivity index (χ2n) is 6.04. The first-order valence-electron chi connectivity index (χ1n) is 8.91. The molecule has 0 N–H and O–H groups in total. The zero-order chi connectivity index (χ0) is 19.1. The fourth-order valence-corrected chi connectivity index (χ4v) is 2.80. The van der Waals surface area contributed by atoms with Crippen molar-refractivity contribution in [1.29, 1.82) is 0 Å². The Bertz CT molecular complexity index is 909. The predicted octanol–water partition coefficient (Wildman–Crippen LogP) is 4.92. The van der Waals surface area contributed by atoms with Gasteiger partial charge in [0.1, 0.15) is 5.75 Å². The zero-order valence-electron chi connectivity index (χ0n) is 15.6. The Hall–Kier alpha value is -3.11. The van der Waals surface area contributed by atoms with Crippen molar-refractivity contribution in [2.75, 3.05) is 13.7 Å². The van der Waals surface area contributed by atoms with E-state index in [1.165, 1.54) is 0 Å². The van der Waals surface area contributed by atoms with Crippen molar-refractivity contribution < 1.29 is 14.3 Å². The number of benzene rings is 2. The van der Waals surface area contributed by atoms with Crippen LogP contribution in [0.5, 0.6) is 5.75 Å². The molecule has 0 bridgehead atoms. The van der Waals surface area contributed by atoms with Crippen molar-refractivity contribution >= 4 is 11.9 Å². The number of rotatable bonds is 8. The molecule has 0 aliphatic heterocycles. The number of carbonyl (C=O) groups excluding carboxylic acids is 1. The summed E-state index contributed by atoms with van der Waals surface area (Å²) in [5.74, 6) is 0.753. The topological polar surface area (TPSA) is 40.5 Å². The number of allylic oxidation sites excluding steroid dienone is 1. The number of ether oxygens (including phenoxy) is 2. The van der Waals surface area contributed by atoms with Crippen molar-refractivity contribution in [3.8, 4) is 11.4 Å². The van der Waals surface area contributed by atoms with E-state index in [1.54, 1.807) is 13.2 Å². The molecular formula is C23H23NO3. The van der Waals surface area contributed by atoms with Gasteiger partial charge in [-0.2, -0.15) is 0 Å². The Labute approximate surface area is 159 Å². The average Bonchev–Trinajstić information content (AvgIpc) is 3.25. The van der Waals surface area contributed by atoms with Crippen LogP contribution in [0.1, 0.15) is 28.4 Å². The number of ketones is 1. The molecule has 1 aromatic heterocycles. The first-order valence-corrected chi connectivity index (χ1v) is 8.91. The van der Waals surface area contributed by atoms with Crippen LogP contribution in [0.2, 0.25) is 0 Å². The molecule has 0 radical (unpaired) electrons. The molecule has 3 rings (SSSR count). The maximum absolute atomic E-state index is 12.5. The Morgan fingerprint density at radius 2 is 1.81 bits per heavy atom. The highest BCUT2D eigenvalue weighted by atomic mass is 16.5. The summed E-state index contributed by atoms with van der Waals surface area (Å²) in [6.45, 7) is 3.08. The summed E-state index contributed by atoms with van der Waals surface area (Å²) in [7, 11) is 1.64. The average molecular weight is 361 g/mol. The molecule has 0 aliphatic carbocycles. The van der Waals surface area contributed by atoms with Crippen molar-refractivity contribution in [3.63, 3.8) is 0 Å². The molecular weight excluding hydrogens is 338 g/mol. The van der Waals surface area contributed by atoms with Crippen LogP contribution >= 0.6 is 0 Å². The number of methoxy groups -OCH3 is 1. The van der Waals surface area contributed by atoms with Crippen molar-refractivity contribution in [2.45, 2.75) is 13.5 Å². The second kappa shape index (κ2) is 9.01. The van der Waals surface area contributed by atoms with Gasteiger partial charge in [0.05, 0.1) is 13.7 Å². The molecule has 138 valence electrons. The van der Waals surface area contributed by atoms with Crippen LogP contribution in [-0.4, -0.2) is 24.1 Å². The van der Waals surface area contributed by atoms with Gasteiger partial charge in [0.2, 0.25) is 0 Å². The maximum Gasteiger partial charge on any atom is 0.185 e. The number of hydrogen-bond donors (Lipinski definition) is 0. The van der Waals surface area contributed by atoms with E-state index in [9.17, 15) is 4.79 Å². The van der Waals surface area contributed by atoms with Gasteiger partial charge in [-0.3, -0.25) is 4.79 Å². The number of hydrogen-bond acceptors (Lipinski definition) is 3. The van der Waals surface area contributed by atoms with Crippen LogP contribution in [0.3, 0.4) is 0 Å². The molecule has 4 heteroatoms. The monoisotopic (exact) mass is 361 g/mol. The minimum absolute atomic E-state index is 0.0313. The minimum Gasteiger partial charge on any atom is -0.496 e. The lowest BCUT2D eigenvalue weighted by molar-refractivity contribution is 0.104. The van der Waals surface area contributed by atoms with Crippen LogP contribution in [0, 0.1) is 0 Å². The standard InChI is InChI=1S/C23H23NO3/c1-3-27-17-20-16-18(7-13-23(20)26-2)6-12-22(25)19-8-10-21(11-9-19)24-14-4-5-15-24/h4-16H,3,17H2,1-2H3/b12-6+. The van der Waals surface area contributed by atoms with Crippen LogP contribution in [-0.2, 0) is 11.3 Å². The highest BCUT2D eigenvalue weighted by Crippen LogP contribution is 2.22. The summed E-state index contributed by atoms with van der Waals surface area (Å²) < 4.78 is 12.8. The first kappa shape index (κ1) is 18.7. The predicted molar refractivity (Wildman–Crippen MR) is 107 cm³/mol. The summed E-state index contributed by atoms with van der Waals surface area (Å²) in [4.78, 5) is 12.5. The molecule has 3 aromatic rings. The van der Waals surface area contributed by atoms with Gasteiger partial charge in [-0.25, -0.2) is 0 Å². The molecule has 27 heavy (non-hydrogen) atoms. The number of nitrogens with zero attached hydrogens (tertiary/aromatic N) is 1. The molecule has 0 atom stereocenters. The summed E-state index contributed by atoms with van der Waals surface area (Å²) in [6, 6.07) is 17.3. The van der Waals surface area contributed by atoms with Gasteiger partial charge in [0, 0.05) is 35.8 Å². The third-order valence-corrected chi connectivity index (χ3v) is 4.25. The van der Waals surface area contributed by atoms with Crippen LogP contribution in [0.25, 0.3) is 11.8 Å². The molecule has 0 saturated heterocycles. The maximum atomic E-state index is 12.5. The van der Waals surface area contributed by atoms with Gasteiger partial charge < -0.3 is 14.0 Å². The lowest BCUT2D eigenvalue weighted by Crippen LogP contribution is -1.97. The number of carbonyl (C=O) groups is 1. The summed E-state index contributed by atoms with van der Waals surface area (Å²) in [6.07, 6.45) is 7.36. The van der Waals surface area contributed by atoms with Gasteiger partial charge in [-0.05, 0) is 67.1 Å². The number of aromatic nitrogens is 1. The Morgan fingerprint density at radius 3 is 2.48 bits per heavy atom. The van der Waals surface area contributed by atoms with Crippen LogP contribution < -0.4 is 4.74 Å². The fourth-order valence-electron chi connectivity index (χ4n) is 2.80. The summed E-state index contributed by atoms with van der Waals surface area (Å²) in [5, 5.41) is 0. The Balaban J connectivity index is 1.72. The highest BCUT2D eigenvalue weighted by Gasteiger charge is 2.05. The van der Waals surface area contributed by atoms with E-state index < -0.39 is 0 Å². The largest absolute Gasteiger partial charge is 0.496 e. The van der Waals surface area contributed by atoms with Crippen molar-refractivity contribution in [1.82, 2.24) is 4.57 Å². The van der Waals surface area contributed by atoms with E-state index in [4.69, 9.17) is 9.47 Å². The van der Waals surface area contributed by atoms with E-state index >= 15 is 0 Å². The molecule has 0 fully saturated rings. The lowest BCUT2D eigenvalue weighted by atomic mass is 10.1. The normalized spacial score (nSPS) is 11.0. The molecule has 0 unspecified atom stereocenters. The third kappa shape index (κ3) is 4.74. The van der Waals surface area contributed by atoms with Gasteiger partial charge in [-0.15, -0.1) is 0 Å². The van der Waals surface area contributed by atoms with Gasteiger partial charge in [0.15, 0.2) is 5.78 Å². The second-order valence-corrected chi connectivity index (χ2v) is 6.04. The smallest absolute Gasteiger partial charge is 0.185 e. The Kier molecular flexibility index (Phi) is 6.23. The van der Waals surface area contributed by atoms with E-state index in [1.807, 2.05) is 84.6 Å². The van der Waals surface area contributed by atoms with Gasteiger partial charge in [0.25, 0.3) is 0 Å². The van der Waals surface area contributed by atoms with Crippen LogP contribution in [0.15, 0.2) is 73.1 Å². The van der Waals surface area contributed by atoms with E-state index in [0.29, 0.717) is 18.8 Å². The van der Waals surface area contributed by atoms with Crippen molar-refractivity contribution in [2.24, 2.45) is 0 Å². The molecule has 0 aliphatic rings. The molecule has 1 heterocycles. The minimum atomic E-state index is -0.0313. The molecule has 0 spiro atoms. The summed E-state index contributed by atoms with van der Waals surface area (Å²) in [5.41, 5.74) is 3.58. The molecule has 0 amide bonds. The lowest BCUT2D eigenvalue weighted by Gasteiger charge is -2.09. The van der Waals surface area contributed by atoms with E-state index in [2.05, 4.69) is 0 Å². The summed E-state index contributed by atoms with van der Waals surface area (Å²) >= 11 is 0. The highest BCUT2D eigenvalue weighted by molar-refractivity contribution is 6.06. The van der Waals surface area contributed by atoms with Crippen molar-refractivity contribution in [3.05, 3.63) is 89.8 Å². The SMILES string of the molecule is CCOCc1cc(/C=C/C(=O)c2ccc(-n3cccc3)cc2)ccc1OC. The van der Waals surface area contributed by atoms with Gasteiger partial charge in [-0.1, -0.05) is 12.1 Å². The fraction of sp³-hybridized carbons (Fsp3) is 0.174. The van der Waals surface area contributed by atoms with Crippen LogP contribution in [0.4, 0.5) is 0 Å². The molecule has 2 aromatic carbocycles. The zero-order valence-corrected chi connectivity index (χ0v) is 15.6. The van der Waals surface area contributed by atoms with Gasteiger partial charge >= 0.3 is 0 Å². The van der Waals surface area contributed by atoms with E-state index in [0.717, 1.165) is 22.6 Å². The molecule has 0 saturated carbocycles. The first-order chi connectivity index (χ1) is 13.2. The quantitative estimate of drug-likeness (QED) is 0.422. The molecule has 4 nitrogen and oxygen atoms in total.